The van der Waals surface area contributed by atoms with E-state index in [0.717, 1.165) is 0 Å². The number of amides is 1. The van der Waals surface area contributed by atoms with Crippen molar-refractivity contribution in [3.8, 4) is 0 Å². The molecule has 0 aromatic carbocycles. The SMILES string of the molecule is COCCN(CCC(=O)OC)C(=O)c1ccc[nH]c1=O. The zero-order chi connectivity index (χ0) is 15.0. The molecule has 0 bridgehead atoms. The molecule has 7 nitrogen and oxygen atoms in total. The Hall–Kier alpha value is -2.15. The van der Waals surface area contributed by atoms with E-state index < -0.39 is 17.4 Å². The zero-order valence-electron chi connectivity index (χ0n) is 11.5. The molecule has 1 aromatic rings. The van der Waals surface area contributed by atoms with Gasteiger partial charge in [-0.2, -0.15) is 0 Å². The zero-order valence-corrected chi connectivity index (χ0v) is 11.5. The van der Waals surface area contributed by atoms with Crippen LogP contribution in [0, 0.1) is 0 Å². The standard InChI is InChI=1S/C13H18N2O5/c1-19-9-8-15(7-5-11(16)20-2)13(18)10-4-3-6-14-12(10)17/h3-4,6H,5,7-9H2,1-2H3,(H,14,17). The second kappa shape index (κ2) is 8.11. The van der Waals surface area contributed by atoms with E-state index in [1.807, 2.05) is 0 Å². The topological polar surface area (TPSA) is 88.7 Å². The number of hydrogen-bond donors (Lipinski definition) is 1. The molecule has 0 aliphatic carbocycles. The Balaban J connectivity index is 2.81. The number of aromatic amines is 1. The minimum atomic E-state index is -0.460. The second-order valence-corrected chi connectivity index (χ2v) is 4.02. The largest absolute Gasteiger partial charge is 0.469 e. The van der Waals surface area contributed by atoms with Gasteiger partial charge in [0.05, 0.1) is 20.1 Å². The van der Waals surface area contributed by atoms with Crippen molar-refractivity contribution >= 4 is 11.9 Å². The molecular formula is C13H18N2O5. The van der Waals surface area contributed by atoms with Crippen LogP contribution in [0.25, 0.3) is 0 Å². The van der Waals surface area contributed by atoms with Gasteiger partial charge in [-0.3, -0.25) is 14.4 Å². The summed E-state index contributed by atoms with van der Waals surface area (Å²) in [5, 5.41) is 0. The van der Waals surface area contributed by atoms with Crippen molar-refractivity contribution in [1.82, 2.24) is 9.88 Å². The number of carbonyl (C=O) groups excluding carboxylic acids is 2. The van der Waals surface area contributed by atoms with Gasteiger partial charge in [-0.05, 0) is 12.1 Å². The molecular weight excluding hydrogens is 264 g/mol. The number of carbonyl (C=O) groups is 2. The molecule has 20 heavy (non-hydrogen) atoms. The third-order valence-electron chi connectivity index (χ3n) is 2.71. The molecule has 1 heterocycles. The van der Waals surface area contributed by atoms with E-state index in [2.05, 4.69) is 9.72 Å². The van der Waals surface area contributed by atoms with E-state index in [1.54, 1.807) is 6.07 Å². The van der Waals surface area contributed by atoms with E-state index >= 15 is 0 Å². The molecule has 1 amide bonds. The summed E-state index contributed by atoms with van der Waals surface area (Å²) in [5.41, 5.74) is -0.425. The van der Waals surface area contributed by atoms with Crippen LogP contribution >= 0.6 is 0 Å². The highest BCUT2D eigenvalue weighted by Gasteiger charge is 2.19. The van der Waals surface area contributed by atoms with Crippen LogP contribution in [-0.2, 0) is 14.3 Å². The van der Waals surface area contributed by atoms with Gasteiger partial charge in [-0.25, -0.2) is 0 Å². The van der Waals surface area contributed by atoms with E-state index in [-0.39, 0.29) is 18.5 Å². The van der Waals surface area contributed by atoms with Crippen LogP contribution in [0.3, 0.4) is 0 Å². The lowest BCUT2D eigenvalue weighted by Crippen LogP contribution is -2.38. The lowest BCUT2D eigenvalue weighted by molar-refractivity contribution is -0.140. The molecule has 0 unspecified atom stereocenters. The number of rotatable bonds is 7. The molecule has 110 valence electrons. The highest BCUT2D eigenvalue weighted by Crippen LogP contribution is 2.02. The maximum Gasteiger partial charge on any atom is 0.307 e. The van der Waals surface area contributed by atoms with Crippen LogP contribution in [0.4, 0.5) is 0 Å². The van der Waals surface area contributed by atoms with Crippen LogP contribution in [0.2, 0.25) is 0 Å². The van der Waals surface area contributed by atoms with Crippen molar-refractivity contribution in [1.29, 1.82) is 0 Å². The predicted octanol–water partition coefficient (Wildman–Crippen LogP) is 0.0266. The molecule has 0 saturated heterocycles. The fourth-order valence-electron chi connectivity index (χ4n) is 1.61. The maximum absolute atomic E-state index is 12.3. The Morgan fingerprint density at radius 3 is 2.65 bits per heavy atom. The van der Waals surface area contributed by atoms with Crippen molar-refractivity contribution in [3.63, 3.8) is 0 Å². The quantitative estimate of drug-likeness (QED) is 0.713. The minimum absolute atomic E-state index is 0.0356. The highest BCUT2D eigenvalue weighted by atomic mass is 16.5. The summed E-state index contributed by atoms with van der Waals surface area (Å²) in [6.07, 6.45) is 1.52. The van der Waals surface area contributed by atoms with Crippen molar-refractivity contribution in [2.45, 2.75) is 6.42 Å². The molecule has 1 N–H and O–H groups in total. The Morgan fingerprint density at radius 2 is 2.05 bits per heavy atom. The third kappa shape index (κ3) is 4.51. The minimum Gasteiger partial charge on any atom is -0.469 e. The monoisotopic (exact) mass is 282 g/mol. The Labute approximate surface area is 116 Å². The first-order valence-electron chi connectivity index (χ1n) is 6.13. The number of aromatic nitrogens is 1. The van der Waals surface area contributed by atoms with Gasteiger partial charge in [-0.1, -0.05) is 0 Å². The summed E-state index contributed by atoms with van der Waals surface area (Å²) < 4.78 is 9.46. The summed E-state index contributed by atoms with van der Waals surface area (Å²) >= 11 is 0. The van der Waals surface area contributed by atoms with Crippen molar-refractivity contribution in [2.24, 2.45) is 0 Å². The summed E-state index contributed by atoms with van der Waals surface area (Å²) in [6, 6.07) is 3.02. The van der Waals surface area contributed by atoms with E-state index in [1.165, 1.54) is 31.4 Å². The lowest BCUT2D eigenvalue weighted by Gasteiger charge is -2.21. The first kappa shape index (κ1) is 15.9. The van der Waals surface area contributed by atoms with Crippen LogP contribution in [0.5, 0.6) is 0 Å². The van der Waals surface area contributed by atoms with Crippen LogP contribution in [0.1, 0.15) is 16.8 Å². The van der Waals surface area contributed by atoms with Crippen molar-refractivity contribution < 1.29 is 19.1 Å². The van der Waals surface area contributed by atoms with Crippen LogP contribution in [-0.4, -0.2) is 55.7 Å². The lowest BCUT2D eigenvalue weighted by atomic mass is 10.2. The number of H-pyrrole nitrogens is 1. The fraction of sp³-hybridized carbons (Fsp3) is 0.462. The second-order valence-electron chi connectivity index (χ2n) is 4.02. The highest BCUT2D eigenvalue weighted by molar-refractivity contribution is 5.94. The first-order valence-corrected chi connectivity index (χ1v) is 6.13. The summed E-state index contributed by atoms with van der Waals surface area (Å²) in [6.45, 7) is 0.779. The number of ether oxygens (including phenoxy) is 2. The van der Waals surface area contributed by atoms with Crippen LogP contribution in [0.15, 0.2) is 23.1 Å². The molecule has 0 saturated carbocycles. The average molecular weight is 282 g/mol. The van der Waals surface area contributed by atoms with Gasteiger partial charge in [0.1, 0.15) is 5.56 Å². The molecule has 1 aromatic heterocycles. The maximum atomic E-state index is 12.3. The van der Waals surface area contributed by atoms with Gasteiger partial charge in [-0.15, -0.1) is 0 Å². The smallest absolute Gasteiger partial charge is 0.307 e. The number of nitrogens with one attached hydrogen (secondary N) is 1. The average Bonchev–Trinajstić information content (AvgIpc) is 2.47. The number of hydrogen-bond acceptors (Lipinski definition) is 5. The molecule has 7 heteroatoms. The van der Waals surface area contributed by atoms with Gasteiger partial charge < -0.3 is 19.4 Å². The van der Waals surface area contributed by atoms with Gasteiger partial charge in [0, 0.05) is 26.4 Å². The molecule has 1 rings (SSSR count). The molecule has 0 aliphatic heterocycles. The number of pyridine rings is 1. The Bertz CT molecular complexity index is 511. The van der Waals surface area contributed by atoms with Crippen LogP contribution < -0.4 is 5.56 Å². The number of methoxy groups -OCH3 is 2. The summed E-state index contributed by atoms with van der Waals surface area (Å²) in [7, 11) is 2.80. The van der Waals surface area contributed by atoms with Gasteiger partial charge in [0.2, 0.25) is 0 Å². The normalized spacial score (nSPS) is 10.1. The van der Waals surface area contributed by atoms with Crippen molar-refractivity contribution in [2.75, 3.05) is 33.9 Å². The molecule has 0 radical (unpaired) electrons. The molecule has 0 fully saturated rings. The van der Waals surface area contributed by atoms with E-state index in [9.17, 15) is 14.4 Å². The van der Waals surface area contributed by atoms with E-state index in [0.29, 0.717) is 13.2 Å². The molecule has 0 spiro atoms. The Kier molecular flexibility index (Phi) is 6.45. The number of nitrogens with zero attached hydrogens (tertiary/aromatic N) is 1. The van der Waals surface area contributed by atoms with E-state index in [4.69, 9.17) is 4.74 Å². The first-order chi connectivity index (χ1) is 9.60. The molecule has 0 aliphatic rings. The summed E-state index contributed by atoms with van der Waals surface area (Å²) in [5.74, 6) is -0.852. The number of esters is 1. The van der Waals surface area contributed by atoms with Gasteiger partial charge in [0.15, 0.2) is 0 Å². The molecule has 0 atom stereocenters. The van der Waals surface area contributed by atoms with Crippen molar-refractivity contribution in [3.05, 3.63) is 34.2 Å². The fourth-order valence-corrected chi connectivity index (χ4v) is 1.61. The third-order valence-corrected chi connectivity index (χ3v) is 2.71. The predicted molar refractivity (Wildman–Crippen MR) is 71.5 cm³/mol. The summed E-state index contributed by atoms with van der Waals surface area (Å²) in [4.78, 5) is 38.9. The Morgan fingerprint density at radius 1 is 1.30 bits per heavy atom. The van der Waals surface area contributed by atoms with Gasteiger partial charge in [0.25, 0.3) is 11.5 Å². The van der Waals surface area contributed by atoms with Gasteiger partial charge >= 0.3 is 5.97 Å².